The Morgan fingerprint density at radius 3 is 2.08 bits per heavy atom. The van der Waals surface area contributed by atoms with Gasteiger partial charge in [-0.2, -0.15) is 0 Å². The number of esters is 3. The molecular weight excluding hydrogens is 1010 g/mol. The predicted molar refractivity (Wildman–Crippen MR) is 310 cm³/mol. The van der Waals surface area contributed by atoms with Gasteiger partial charge in [0.2, 0.25) is 0 Å². The quantitative estimate of drug-likeness (QED) is 0.130. The summed E-state index contributed by atoms with van der Waals surface area (Å²) in [6.45, 7) is 43.7. The van der Waals surface area contributed by atoms with Crippen molar-refractivity contribution < 1.29 is 57.4 Å². The van der Waals surface area contributed by atoms with Crippen molar-refractivity contribution in [3.63, 3.8) is 0 Å². The van der Waals surface area contributed by atoms with Crippen molar-refractivity contribution >= 4 is 17.9 Å². The van der Waals surface area contributed by atoms with Crippen LogP contribution in [0.5, 0.6) is 0 Å². The number of carbonyl (C=O) groups excluding carboxylic acids is 3. The summed E-state index contributed by atoms with van der Waals surface area (Å²) >= 11 is 0. The van der Waals surface area contributed by atoms with E-state index in [1.807, 2.05) is 6.07 Å². The number of ether oxygens (including phenoxy) is 6. The first-order valence-electron chi connectivity index (χ1n) is 30.8. The molecule has 1 aromatic rings. The van der Waals surface area contributed by atoms with Gasteiger partial charge in [0.15, 0.2) is 6.10 Å². The second kappa shape index (κ2) is 22.0. The minimum absolute atomic E-state index is 0.0000430. The number of aryl methyl sites for hydroxylation is 1. The Hall–Kier alpha value is -3.87. The minimum atomic E-state index is -0.961. The van der Waals surface area contributed by atoms with Crippen LogP contribution >= 0.6 is 0 Å². The molecular formula is C68H104O12. The number of hydrogen-bond donors (Lipinski definition) is 2. The van der Waals surface area contributed by atoms with E-state index in [2.05, 4.69) is 95.9 Å². The molecule has 0 bridgehead atoms. The van der Waals surface area contributed by atoms with Gasteiger partial charge in [-0.25, -0.2) is 0 Å². The van der Waals surface area contributed by atoms with Crippen LogP contribution in [0, 0.1) is 62.1 Å². The third-order valence-electron chi connectivity index (χ3n) is 23.6. The predicted octanol–water partition coefficient (Wildman–Crippen LogP) is 14.5. The van der Waals surface area contributed by atoms with Crippen LogP contribution in [0.4, 0.5) is 0 Å². The zero-order valence-corrected chi connectivity index (χ0v) is 52.0. The Morgan fingerprint density at radius 2 is 1.46 bits per heavy atom. The van der Waals surface area contributed by atoms with Crippen molar-refractivity contribution in [2.45, 2.75) is 266 Å². The van der Waals surface area contributed by atoms with E-state index in [1.165, 1.54) is 37.8 Å². The first-order valence-corrected chi connectivity index (χ1v) is 30.8. The molecule has 0 radical (unpaired) electrons. The number of furan rings is 1. The van der Waals surface area contributed by atoms with E-state index in [-0.39, 0.29) is 85.6 Å². The molecule has 0 aromatic carbocycles. The molecule has 3 aliphatic heterocycles. The van der Waals surface area contributed by atoms with E-state index >= 15 is 0 Å². The SMILES string of the molecule is C=C1CC2(CCC3(O2)C(C)CC(OC(C)=O)C2C(C)(C)CCCC23C)CO1.C=C1O[C@@H]2C[C@@H](C)[C@](O)(CCc3ccoc3)[C@]3(C)CCC[C@@]1(C)C23.C=CC(C)(O)CCC1(C)C2=C(C(OC(C)=O)C(OC(C)=O)C1C)C(C)(C)CCC2. The van der Waals surface area contributed by atoms with Crippen molar-refractivity contribution in [1.82, 2.24) is 0 Å². The largest absolute Gasteiger partial charge is 0.495 e. The minimum Gasteiger partial charge on any atom is -0.495 e. The van der Waals surface area contributed by atoms with Crippen molar-refractivity contribution in [1.29, 1.82) is 0 Å². The van der Waals surface area contributed by atoms with Crippen molar-refractivity contribution in [2.24, 2.45) is 62.1 Å². The summed E-state index contributed by atoms with van der Waals surface area (Å²) in [5, 5.41) is 22.5. The van der Waals surface area contributed by atoms with Crippen LogP contribution in [-0.4, -0.2) is 81.5 Å². The third-order valence-corrected chi connectivity index (χ3v) is 23.6. The van der Waals surface area contributed by atoms with Gasteiger partial charge in [0.1, 0.15) is 30.5 Å². The van der Waals surface area contributed by atoms with Gasteiger partial charge in [-0.15, -0.1) is 6.58 Å². The molecule has 10 rings (SSSR count). The van der Waals surface area contributed by atoms with Crippen LogP contribution in [0.2, 0.25) is 0 Å². The number of carbonyl (C=O) groups is 3. The number of hydrogen-bond acceptors (Lipinski definition) is 12. The van der Waals surface area contributed by atoms with Gasteiger partial charge >= 0.3 is 17.9 Å². The summed E-state index contributed by atoms with van der Waals surface area (Å²) in [5.41, 5.74) is 1.17. The molecule has 80 heavy (non-hydrogen) atoms. The number of rotatable bonds is 10. The molecule has 1 aromatic heterocycles. The maximum Gasteiger partial charge on any atom is 0.303 e. The highest BCUT2D eigenvalue weighted by atomic mass is 16.6. The van der Waals surface area contributed by atoms with Crippen LogP contribution in [0.3, 0.4) is 0 Å². The highest BCUT2D eigenvalue weighted by Gasteiger charge is 2.72. The summed E-state index contributed by atoms with van der Waals surface area (Å²) < 4.78 is 41.8. The maximum absolute atomic E-state index is 12.0. The van der Waals surface area contributed by atoms with Gasteiger partial charge in [-0.3, -0.25) is 14.4 Å². The summed E-state index contributed by atoms with van der Waals surface area (Å²) in [6.07, 6.45) is 21.7. The second-order valence-electron chi connectivity index (χ2n) is 29.6. The van der Waals surface area contributed by atoms with Crippen molar-refractivity contribution in [2.75, 3.05) is 6.61 Å². The molecule has 2 N–H and O–H groups in total. The zero-order chi connectivity index (χ0) is 59.0. The van der Waals surface area contributed by atoms with Gasteiger partial charge in [-0.05, 0) is 149 Å². The van der Waals surface area contributed by atoms with Crippen LogP contribution < -0.4 is 0 Å². The van der Waals surface area contributed by atoms with E-state index in [4.69, 9.17) is 32.8 Å². The lowest BCUT2D eigenvalue weighted by molar-refractivity contribution is -0.272. The molecule has 12 heteroatoms. The van der Waals surface area contributed by atoms with Gasteiger partial charge in [-0.1, -0.05) is 114 Å². The highest BCUT2D eigenvalue weighted by Crippen LogP contribution is 2.71. The maximum atomic E-state index is 12.0. The molecule has 3 saturated heterocycles. The topological polar surface area (TPSA) is 160 Å². The van der Waals surface area contributed by atoms with Gasteiger partial charge in [0, 0.05) is 61.2 Å². The average molecular weight is 1110 g/mol. The molecule has 17 atom stereocenters. The monoisotopic (exact) mass is 1110 g/mol. The average Bonchev–Trinajstić information content (AvgIpc) is 4.16. The van der Waals surface area contributed by atoms with Gasteiger partial charge < -0.3 is 43.1 Å². The Labute approximate surface area is 481 Å². The Morgan fingerprint density at radius 1 is 0.800 bits per heavy atom. The molecule has 448 valence electrons. The summed E-state index contributed by atoms with van der Waals surface area (Å²) in [7, 11) is 0. The lowest BCUT2D eigenvalue weighted by Gasteiger charge is -2.65. The fourth-order valence-electron chi connectivity index (χ4n) is 19.3. The van der Waals surface area contributed by atoms with E-state index < -0.39 is 23.4 Å². The first kappa shape index (κ1) is 62.2. The normalized spacial score (nSPS) is 42.6. The number of aliphatic hydroxyl groups is 2. The Kier molecular flexibility index (Phi) is 17.1. The van der Waals surface area contributed by atoms with Crippen molar-refractivity contribution in [3.8, 4) is 0 Å². The fraction of sp³-hybridized carbons (Fsp3) is 0.779. The summed E-state index contributed by atoms with van der Waals surface area (Å²) in [6, 6.07) is 2.01. The number of fused-ring (bicyclic) bond motifs is 2. The Bertz CT molecular complexity index is 2540. The summed E-state index contributed by atoms with van der Waals surface area (Å²) in [5.74, 6) is 2.11. The highest BCUT2D eigenvalue weighted by molar-refractivity contribution is 5.68. The van der Waals surface area contributed by atoms with Crippen LogP contribution in [0.1, 0.15) is 219 Å². The standard InChI is InChI=1S/C24H38O5.C23H36O4.C21H30O3/c1-9-23(7,27)13-14-24(8)15(2)20(28-16(3)25)21(29-17(4)26)19-18(24)11-10-12-22(19,5)6;1-15-12-18(26-17(3)24)19-20(4,5)8-7-9-21(19,6)23(15)11-10-22(27-23)13-16(2)25-14-22;1-14-12-17-18-19(3,15(2)24-17)8-5-9-20(18,4)21(14,22)10-6-16-7-11-23-13-16/h9,15,20-21,27H,1,10-14H2,2-8H3;15,18-19H,2,7-14H2,1,3-6H3;7,11,13-14,17-18,22H,2,5-6,8-10,12H2,1,3-4H3/t;;14-,17-,18?,19-,20-,21-/m..1/s1. The third kappa shape index (κ3) is 10.7. The number of allylic oxidation sites excluding steroid dienone is 2. The smallest absolute Gasteiger partial charge is 0.303 e. The lowest BCUT2D eigenvalue weighted by atomic mass is 9.43. The first-order chi connectivity index (χ1) is 37.1. The fourth-order valence-corrected chi connectivity index (χ4v) is 19.3. The van der Waals surface area contributed by atoms with Gasteiger partial charge in [0.05, 0.1) is 40.8 Å². The van der Waals surface area contributed by atoms with E-state index in [0.717, 1.165) is 113 Å². The molecule has 0 amide bonds. The van der Waals surface area contributed by atoms with E-state index in [9.17, 15) is 24.6 Å². The molecule has 2 spiro atoms. The summed E-state index contributed by atoms with van der Waals surface area (Å²) in [4.78, 5) is 35.8. The molecule has 6 aliphatic carbocycles. The van der Waals surface area contributed by atoms with E-state index in [0.29, 0.717) is 30.8 Å². The molecule has 4 saturated carbocycles. The Balaban J connectivity index is 0.000000158. The van der Waals surface area contributed by atoms with Crippen LogP contribution in [-0.2, 0) is 49.2 Å². The second-order valence-corrected chi connectivity index (χ2v) is 29.6. The van der Waals surface area contributed by atoms with Crippen molar-refractivity contribution in [3.05, 3.63) is 72.6 Å². The van der Waals surface area contributed by atoms with E-state index in [1.54, 1.807) is 32.4 Å². The molecule has 12 unspecified atom stereocenters. The molecule has 7 fully saturated rings. The van der Waals surface area contributed by atoms with Crippen LogP contribution in [0.15, 0.2) is 71.5 Å². The lowest BCUT2D eigenvalue weighted by Crippen LogP contribution is -2.67. The molecule has 4 heterocycles. The zero-order valence-electron chi connectivity index (χ0n) is 52.0. The molecule has 9 aliphatic rings. The van der Waals surface area contributed by atoms with Gasteiger partial charge in [0.25, 0.3) is 0 Å². The van der Waals surface area contributed by atoms with Crippen LogP contribution in [0.25, 0.3) is 0 Å². The molecule has 12 nitrogen and oxygen atoms in total.